The Kier molecular flexibility index (Phi) is 7.16. The van der Waals surface area contributed by atoms with E-state index >= 15 is 0 Å². The van der Waals surface area contributed by atoms with Crippen LogP contribution in [0.1, 0.15) is 12.0 Å². The predicted molar refractivity (Wildman–Crippen MR) is 104 cm³/mol. The molecule has 2 aromatic rings. The molecule has 26 heavy (non-hydrogen) atoms. The van der Waals surface area contributed by atoms with Gasteiger partial charge in [-0.2, -0.15) is 0 Å². The van der Waals surface area contributed by atoms with E-state index in [2.05, 4.69) is 21.2 Å². The molecule has 140 valence electrons. The Bertz CT molecular complexity index is 840. The monoisotopic (exact) mass is 442 g/mol. The first-order chi connectivity index (χ1) is 12.3. The van der Waals surface area contributed by atoms with Crippen LogP contribution in [0.25, 0.3) is 0 Å². The summed E-state index contributed by atoms with van der Waals surface area (Å²) in [6.45, 7) is 0.130. The van der Waals surface area contributed by atoms with Gasteiger partial charge in [0.05, 0.1) is 11.9 Å². The van der Waals surface area contributed by atoms with Crippen LogP contribution in [0.4, 0.5) is 10.1 Å². The summed E-state index contributed by atoms with van der Waals surface area (Å²) in [6.07, 6.45) is 2.44. The molecular formula is C18H20BrFN2O3S. The quantitative estimate of drug-likeness (QED) is 0.638. The zero-order valence-corrected chi connectivity index (χ0v) is 16.7. The number of sulfonamides is 1. The van der Waals surface area contributed by atoms with Crippen LogP contribution in [-0.2, 0) is 21.2 Å². The normalized spacial score (nSPS) is 11.2. The van der Waals surface area contributed by atoms with Crippen molar-refractivity contribution in [3.05, 3.63) is 64.4 Å². The lowest BCUT2D eigenvalue weighted by atomic mass is 10.1. The highest BCUT2D eigenvalue weighted by Crippen LogP contribution is 2.20. The van der Waals surface area contributed by atoms with Crippen molar-refractivity contribution in [3.8, 4) is 0 Å². The van der Waals surface area contributed by atoms with Crippen molar-refractivity contribution in [1.29, 1.82) is 0 Å². The SMILES string of the molecule is CS(=O)(=O)N(CC(=O)NCCCc1ccc(F)cc1)c1ccc(Br)cc1. The average molecular weight is 443 g/mol. The topological polar surface area (TPSA) is 66.5 Å². The highest BCUT2D eigenvalue weighted by atomic mass is 79.9. The first-order valence-corrected chi connectivity index (χ1v) is 10.6. The minimum atomic E-state index is -3.58. The molecule has 0 aliphatic heterocycles. The van der Waals surface area contributed by atoms with Gasteiger partial charge in [-0.1, -0.05) is 28.1 Å². The van der Waals surface area contributed by atoms with Gasteiger partial charge < -0.3 is 5.32 Å². The second-order valence-corrected chi connectivity index (χ2v) is 8.65. The van der Waals surface area contributed by atoms with E-state index in [-0.39, 0.29) is 18.3 Å². The van der Waals surface area contributed by atoms with Crippen molar-refractivity contribution in [3.63, 3.8) is 0 Å². The molecule has 1 N–H and O–H groups in total. The van der Waals surface area contributed by atoms with Crippen LogP contribution in [0.3, 0.4) is 0 Å². The number of benzene rings is 2. The van der Waals surface area contributed by atoms with Gasteiger partial charge in [0.1, 0.15) is 12.4 Å². The van der Waals surface area contributed by atoms with Crippen molar-refractivity contribution in [2.75, 3.05) is 23.7 Å². The second kappa shape index (κ2) is 9.14. The number of rotatable bonds is 8. The Morgan fingerprint density at radius 1 is 1.12 bits per heavy atom. The average Bonchev–Trinajstić information content (AvgIpc) is 2.58. The molecule has 0 unspecified atom stereocenters. The van der Waals surface area contributed by atoms with Gasteiger partial charge in [0.15, 0.2) is 0 Å². The minimum absolute atomic E-state index is 0.281. The Morgan fingerprint density at radius 2 is 1.73 bits per heavy atom. The molecule has 0 bridgehead atoms. The summed E-state index contributed by atoms with van der Waals surface area (Å²) in [5.74, 6) is -0.659. The molecule has 2 rings (SSSR count). The number of carbonyl (C=O) groups excluding carboxylic acids is 1. The lowest BCUT2D eigenvalue weighted by molar-refractivity contribution is -0.119. The molecule has 5 nitrogen and oxygen atoms in total. The predicted octanol–water partition coefficient (Wildman–Crippen LogP) is 3.10. The van der Waals surface area contributed by atoms with Crippen LogP contribution in [-0.4, -0.2) is 33.7 Å². The molecule has 0 spiro atoms. The van der Waals surface area contributed by atoms with E-state index in [0.29, 0.717) is 25.1 Å². The van der Waals surface area contributed by atoms with Crippen molar-refractivity contribution in [2.24, 2.45) is 0 Å². The summed E-state index contributed by atoms with van der Waals surface area (Å²) in [6, 6.07) is 12.9. The first-order valence-electron chi connectivity index (χ1n) is 8.00. The fourth-order valence-corrected chi connectivity index (χ4v) is 3.49. The maximum absolute atomic E-state index is 12.8. The summed E-state index contributed by atoms with van der Waals surface area (Å²) < 4.78 is 38.7. The van der Waals surface area contributed by atoms with Crippen molar-refractivity contribution in [2.45, 2.75) is 12.8 Å². The van der Waals surface area contributed by atoms with Gasteiger partial charge in [0.25, 0.3) is 0 Å². The highest BCUT2D eigenvalue weighted by molar-refractivity contribution is 9.10. The third-order valence-electron chi connectivity index (χ3n) is 3.68. The second-order valence-electron chi connectivity index (χ2n) is 5.83. The Hall–Kier alpha value is -1.93. The maximum atomic E-state index is 12.8. The van der Waals surface area contributed by atoms with Gasteiger partial charge in [0, 0.05) is 11.0 Å². The third kappa shape index (κ3) is 6.42. The Morgan fingerprint density at radius 3 is 2.31 bits per heavy atom. The molecule has 0 saturated carbocycles. The lowest BCUT2D eigenvalue weighted by Gasteiger charge is -2.22. The highest BCUT2D eigenvalue weighted by Gasteiger charge is 2.20. The van der Waals surface area contributed by atoms with E-state index in [1.54, 1.807) is 36.4 Å². The minimum Gasteiger partial charge on any atom is -0.355 e. The van der Waals surface area contributed by atoms with Crippen molar-refractivity contribution >= 4 is 37.5 Å². The molecule has 8 heteroatoms. The van der Waals surface area contributed by atoms with Crippen molar-refractivity contribution in [1.82, 2.24) is 5.32 Å². The van der Waals surface area contributed by atoms with Gasteiger partial charge in [0.2, 0.25) is 15.9 Å². The molecule has 0 aromatic heterocycles. The van der Waals surface area contributed by atoms with E-state index in [9.17, 15) is 17.6 Å². The van der Waals surface area contributed by atoms with E-state index in [1.165, 1.54) is 12.1 Å². The summed E-state index contributed by atoms with van der Waals surface area (Å²) in [7, 11) is -3.58. The first kappa shape index (κ1) is 20.4. The largest absolute Gasteiger partial charge is 0.355 e. The van der Waals surface area contributed by atoms with Crippen molar-refractivity contribution < 1.29 is 17.6 Å². The van der Waals surface area contributed by atoms with Gasteiger partial charge >= 0.3 is 0 Å². The molecule has 0 fully saturated rings. The molecular weight excluding hydrogens is 423 g/mol. The van der Waals surface area contributed by atoms with E-state index < -0.39 is 10.0 Å². The van der Waals surface area contributed by atoms with Gasteiger partial charge in [-0.3, -0.25) is 9.10 Å². The van der Waals surface area contributed by atoms with Gasteiger partial charge in [-0.15, -0.1) is 0 Å². The Labute approximate surface area is 161 Å². The van der Waals surface area contributed by atoms with Crippen LogP contribution >= 0.6 is 15.9 Å². The van der Waals surface area contributed by atoms with E-state index in [0.717, 1.165) is 20.6 Å². The van der Waals surface area contributed by atoms with Crippen LogP contribution in [0.5, 0.6) is 0 Å². The lowest BCUT2D eigenvalue weighted by Crippen LogP contribution is -2.40. The molecule has 0 radical (unpaired) electrons. The van der Waals surface area contributed by atoms with E-state index in [1.807, 2.05) is 0 Å². The number of carbonyl (C=O) groups is 1. The van der Waals surface area contributed by atoms with Crippen LogP contribution < -0.4 is 9.62 Å². The number of hydrogen-bond donors (Lipinski definition) is 1. The number of nitrogens with one attached hydrogen (secondary N) is 1. The smallest absolute Gasteiger partial charge is 0.240 e. The fraction of sp³-hybridized carbons (Fsp3) is 0.278. The molecule has 0 saturated heterocycles. The molecule has 1 amide bonds. The number of halogens is 2. The van der Waals surface area contributed by atoms with Crippen LogP contribution in [0.15, 0.2) is 53.0 Å². The number of anilines is 1. The van der Waals surface area contributed by atoms with E-state index in [4.69, 9.17) is 0 Å². The summed E-state index contributed by atoms with van der Waals surface area (Å²) in [4.78, 5) is 12.1. The summed E-state index contributed by atoms with van der Waals surface area (Å²) >= 11 is 3.29. The summed E-state index contributed by atoms with van der Waals surface area (Å²) in [5.41, 5.74) is 1.41. The zero-order chi connectivity index (χ0) is 19.2. The number of hydrogen-bond acceptors (Lipinski definition) is 3. The standard InChI is InChI=1S/C18H20BrFN2O3S/c1-26(24,25)22(17-10-6-15(19)7-11-17)13-18(23)21-12-2-3-14-4-8-16(20)9-5-14/h4-11H,2-3,12-13H2,1H3,(H,21,23). The number of nitrogens with zero attached hydrogens (tertiary/aromatic N) is 1. The van der Waals surface area contributed by atoms with Gasteiger partial charge in [-0.05, 0) is 54.8 Å². The third-order valence-corrected chi connectivity index (χ3v) is 5.35. The van der Waals surface area contributed by atoms with Crippen LogP contribution in [0, 0.1) is 5.82 Å². The van der Waals surface area contributed by atoms with Crippen LogP contribution in [0.2, 0.25) is 0 Å². The molecule has 0 aliphatic carbocycles. The summed E-state index contributed by atoms with van der Waals surface area (Å²) in [5, 5.41) is 2.72. The van der Waals surface area contributed by atoms with Gasteiger partial charge in [-0.25, -0.2) is 12.8 Å². The molecule has 0 heterocycles. The fourth-order valence-electron chi connectivity index (χ4n) is 2.37. The maximum Gasteiger partial charge on any atom is 0.240 e. The molecule has 0 aliphatic rings. The zero-order valence-electron chi connectivity index (χ0n) is 14.3. The Balaban J connectivity index is 1.87. The molecule has 2 aromatic carbocycles. The molecule has 0 atom stereocenters. The number of amides is 1. The number of aryl methyl sites for hydroxylation is 1.